The van der Waals surface area contributed by atoms with Gasteiger partial charge in [-0.25, -0.2) is 0 Å². The normalized spacial score (nSPS) is 12.8. The molecule has 0 fully saturated rings. The monoisotopic (exact) mass is 398 g/mol. The van der Waals surface area contributed by atoms with Gasteiger partial charge in [-0.2, -0.15) is 0 Å². The van der Waals surface area contributed by atoms with Gasteiger partial charge in [0, 0.05) is 14.8 Å². The number of hydrogen-bond donors (Lipinski definition) is 0. The van der Waals surface area contributed by atoms with Crippen molar-refractivity contribution < 1.29 is 0 Å². The Balaban J connectivity index is 1.79. The van der Waals surface area contributed by atoms with Gasteiger partial charge in [-0.05, 0) is 70.5 Å². The summed E-state index contributed by atoms with van der Waals surface area (Å²) in [5.41, 5.74) is 7.91. The van der Waals surface area contributed by atoms with Crippen LogP contribution in [0.5, 0.6) is 0 Å². The molecule has 0 bridgehead atoms. The molecule has 0 aliphatic carbocycles. The Morgan fingerprint density at radius 2 is 1.07 bits per heavy atom. The maximum absolute atomic E-state index is 6.40. The van der Waals surface area contributed by atoms with Gasteiger partial charge in [-0.15, -0.1) is 0 Å². The van der Waals surface area contributed by atoms with Gasteiger partial charge in [0.05, 0.1) is 0 Å². The average Bonchev–Trinajstić information content (AvgIpc) is 2.73. The minimum Gasteiger partial charge on any atom is -0.0895 e. The summed E-state index contributed by atoms with van der Waals surface area (Å²) in [6, 6.07) is 32.5. The summed E-state index contributed by atoms with van der Waals surface area (Å²) in [5, 5.41) is 0.791. The van der Waals surface area contributed by atoms with Crippen molar-refractivity contribution in [1.82, 2.24) is 0 Å². The Bertz CT molecular complexity index is 1160. The van der Waals surface area contributed by atoms with Crippen molar-refractivity contribution in [2.24, 2.45) is 0 Å². The van der Waals surface area contributed by atoms with E-state index >= 15 is 0 Å². The molecule has 136 valence electrons. The summed E-state index contributed by atoms with van der Waals surface area (Å²) in [7, 11) is 0. The fourth-order valence-electron chi connectivity index (χ4n) is 3.94. The second-order valence-electron chi connectivity index (χ2n) is 7.13. The van der Waals surface area contributed by atoms with Crippen molar-refractivity contribution >= 4 is 23.4 Å². The van der Waals surface area contributed by atoms with E-state index in [0.717, 1.165) is 17.9 Å². The first-order chi connectivity index (χ1) is 13.8. The van der Waals surface area contributed by atoms with Crippen LogP contribution < -0.4 is 0 Å². The van der Waals surface area contributed by atoms with Crippen LogP contribution in [0.4, 0.5) is 0 Å². The van der Waals surface area contributed by atoms with Gasteiger partial charge in [0.15, 0.2) is 0 Å². The van der Waals surface area contributed by atoms with Gasteiger partial charge < -0.3 is 0 Å². The van der Waals surface area contributed by atoms with Gasteiger partial charge in [0.1, 0.15) is 0 Å². The zero-order valence-electron chi connectivity index (χ0n) is 15.4. The molecule has 0 atom stereocenters. The lowest BCUT2D eigenvalue weighted by Crippen LogP contribution is -1.97. The lowest BCUT2D eigenvalue weighted by atomic mass is 9.90. The molecule has 1 heterocycles. The highest BCUT2D eigenvalue weighted by atomic mass is 35.5. The number of hydrogen-bond acceptors (Lipinski definition) is 1. The highest BCUT2D eigenvalue weighted by molar-refractivity contribution is 7.99. The van der Waals surface area contributed by atoms with Crippen LogP contribution >= 0.6 is 23.4 Å². The molecule has 4 aromatic rings. The first-order valence-electron chi connectivity index (χ1n) is 9.48. The third-order valence-corrected chi connectivity index (χ3v) is 6.77. The fraction of sp³-hybridized carbons (Fsp3) is 0.0769. The van der Waals surface area contributed by atoms with E-state index in [1.165, 1.54) is 43.2 Å². The number of halogens is 1. The van der Waals surface area contributed by atoms with E-state index in [9.17, 15) is 0 Å². The molecule has 0 radical (unpaired) electrons. The van der Waals surface area contributed by atoms with Crippen molar-refractivity contribution in [2.75, 3.05) is 0 Å². The van der Waals surface area contributed by atoms with E-state index in [2.05, 4.69) is 84.9 Å². The molecule has 0 unspecified atom stereocenters. The summed E-state index contributed by atoms with van der Waals surface area (Å²) in [4.78, 5) is 2.64. The van der Waals surface area contributed by atoms with E-state index in [1.54, 1.807) is 0 Å². The smallest absolute Gasteiger partial charge is 0.0409 e. The molecule has 2 heteroatoms. The molecule has 1 aliphatic heterocycles. The summed E-state index contributed by atoms with van der Waals surface area (Å²) >= 11 is 8.27. The number of fused-ring (bicyclic) bond motifs is 5. The third-order valence-electron chi connectivity index (χ3n) is 5.30. The Hall–Kier alpha value is -2.48. The van der Waals surface area contributed by atoms with Crippen molar-refractivity contribution in [2.45, 2.75) is 22.6 Å². The molecule has 28 heavy (non-hydrogen) atoms. The molecule has 0 nitrogen and oxygen atoms in total. The molecule has 1 aliphatic rings. The van der Waals surface area contributed by atoms with E-state index in [-0.39, 0.29) is 0 Å². The second-order valence-corrected chi connectivity index (χ2v) is 8.65. The number of benzene rings is 4. The fourth-order valence-corrected chi connectivity index (χ4v) is 5.20. The summed E-state index contributed by atoms with van der Waals surface area (Å²) in [6.45, 7) is 0. The van der Waals surface area contributed by atoms with E-state index in [4.69, 9.17) is 11.6 Å². The molecular weight excluding hydrogens is 380 g/mol. The Morgan fingerprint density at radius 1 is 0.536 bits per heavy atom. The van der Waals surface area contributed by atoms with Crippen LogP contribution in [-0.2, 0) is 12.8 Å². The highest BCUT2D eigenvalue weighted by Gasteiger charge is 2.16. The van der Waals surface area contributed by atoms with Crippen molar-refractivity contribution in [3.05, 3.63) is 118 Å². The van der Waals surface area contributed by atoms with Crippen LogP contribution in [0.25, 0.3) is 11.1 Å². The standard InChI is InChI=1S/C26H19ClS/c27-22-13-14-24-21(17-22)16-20-9-3-6-12-26(20)28-25-11-5-2-8-19(25)15-18-7-1-4-10-23(18)24/h1-14,17H,15-16H2. The first kappa shape index (κ1) is 17.6. The number of rotatable bonds is 0. The molecule has 0 spiro atoms. The van der Waals surface area contributed by atoms with Crippen molar-refractivity contribution in [3.63, 3.8) is 0 Å². The zero-order chi connectivity index (χ0) is 18.9. The van der Waals surface area contributed by atoms with E-state index in [0.29, 0.717) is 0 Å². The van der Waals surface area contributed by atoms with Crippen molar-refractivity contribution in [3.8, 4) is 11.1 Å². The van der Waals surface area contributed by atoms with Gasteiger partial charge in [0.2, 0.25) is 0 Å². The molecule has 0 N–H and O–H groups in total. The van der Waals surface area contributed by atoms with Crippen LogP contribution in [0.2, 0.25) is 5.02 Å². The molecule has 0 saturated heterocycles. The predicted molar refractivity (Wildman–Crippen MR) is 120 cm³/mol. The lowest BCUT2D eigenvalue weighted by molar-refractivity contribution is 1.13. The third kappa shape index (κ3) is 3.37. The first-order valence-corrected chi connectivity index (χ1v) is 10.7. The SMILES string of the molecule is Clc1ccc2c(c1)Cc1ccccc1Sc1ccccc1Cc1ccccc1-2. The van der Waals surface area contributed by atoms with Crippen LogP contribution in [0.1, 0.15) is 22.3 Å². The van der Waals surface area contributed by atoms with Gasteiger partial charge >= 0.3 is 0 Å². The van der Waals surface area contributed by atoms with Gasteiger partial charge in [0.25, 0.3) is 0 Å². The maximum Gasteiger partial charge on any atom is 0.0409 e. The molecule has 0 saturated carbocycles. The van der Waals surface area contributed by atoms with Crippen molar-refractivity contribution in [1.29, 1.82) is 0 Å². The highest BCUT2D eigenvalue weighted by Crippen LogP contribution is 2.39. The van der Waals surface area contributed by atoms with Gasteiger partial charge in [-0.3, -0.25) is 0 Å². The van der Waals surface area contributed by atoms with E-state index < -0.39 is 0 Å². The predicted octanol–water partition coefficient (Wildman–Crippen LogP) is 7.65. The van der Waals surface area contributed by atoms with Crippen LogP contribution in [-0.4, -0.2) is 0 Å². The van der Waals surface area contributed by atoms with Crippen LogP contribution in [0.3, 0.4) is 0 Å². The molecule has 4 aromatic carbocycles. The van der Waals surface area contributed by atoms with Crippen LogP contribution in [0.15, 0.2) is 101 Å². The Morgan fingerprint density at radius 3 is 1.79 bits per heavy atom. The second kappa shape index (κ2) is 7.50. The minimum absolute atomic E-state index is 0.791. The molecule has 5 rings (SSSR count). The summed E-state index contributed by atoms with van der Waals surface area (Å²) in [5.74, 6) is 0. The van der Waals surface area contributed by atoms with E-state index in [1.807, 2.05) is 17.8 Å². The molecule has 0 aromatic heterocycles. The quantitative estimate of drug-likeness (QED) is 0.258. The van der Waals surface area contributed by atoms with Crippen LogP contribution in [0, 0.1) is 0 Å². The maximum atomic E-state index is 6.40. The average molecular weight is 399 g/mol. The largest absolute Gasteiger partial charge is 0.0895 e. The topological polar surface area (TPSA) is 0 Å². The minimum atomic E-state index is 0.791. The molecule has 0 amide bonds. The summed E-state index contributed by atoms with van der Waals surface area (Å²) < 4.78 is 0. The Kier molecular flexibility index (Phi) is 4.72. The Labute approximate surface area is 175 Å². The summed E-state index contributed by atoms with van der Waals surface area (Å²) in [6.07, 6.45) is 1.79. The zero-order valence-corrected chi connectivity index (χ0v) is 16.9. The lowest BCUT2D eigenvalue weighted by Gasteiger charge is -2.15. The van der Waals surface area contributed by atoms with Gasteiger partial charge in [-0.1, -0.05) is 90.1 Å². The molecular formula is C26H19ClS.